The fourth-order valence-corrected chi connectivity index (χ4v) is 4.09. The standard InChI is InChI=1S/C25H21N/c1-3-10-19(11-4-1)18-26-23-16-8-7-14-22(23)25-21(15-9-17-24(25)26)20-12-5-2-6-13-20/h2-3,5-17H,1,4,18H2. The Bertz CT molecular complexity index is 1140. The average molecular weight is 335 g/mol. The first-order valence-corrected chi connectivity index (χ1v) is 9.33. The number of nitrogens with zero attached hydrogens (tertiary/aromatic N) is 1. The lowest BCUT2D eigenvalue weighted by molar-refractivity contribution is 0.846. The molecule has 0 fully saturated rings. The fourth-order valence-electron chi connectivity index (χ4n) is 4.09. The number of hydrogen-bond acceptors (Lipinski definition) is 0. The van der Waals surface area contributed by atoms with Crippen LogP contribution in [0.3, 0.4) is 0 Å². The summed E-state index contributed by atoms with van der Waals surface area (Å²) < 4.78 is 2.47. The van der Waals surface area contributed by atoms with Crippen LogP contribution in [-0.4, -0.2) is 4.57 Å². The number of allylic oxidation sites excluding steroid dienone is 4. The molecular weight excluding hydrogens is 314 g/mol. The van der Waals surface area contributed by atoms with Gasteiger partial charge in [-0.1, -0.05) is 78.9 Å². The Morgan fingerprint density at radius 2 is 1.54 bits per heavy atom. The first-order chi connectivity index (χ1) is 12.9. The summed E-state index contributed by atoms with van der Waals surface area (Å²) in [6.07, 6.45) is 9.26. The van der Waals surface area contributed by atoms with Gasteiger partial charge in [0.15, 0.2) is 0 Å². The van der Waals surface area contributed by atoms with Gasteiger partial charge in [0.25, 0.3) is 0 Å². The molecule has 1 heterocycles. The smallest absolute Gasteiger partial charge is 0.0500 e. The minimum Gasteiger partial charge on any atom is -0.336 e. The van der Waals surface area contributed by atoms with E-state index >= 15 is 0 Å². The molecule has 0 spiro atoms. The molecule has 1 aliphatic carbocycles. The van der Waals surface area contributed by atoms with E-state index in [-0.39, 0.29) is 0 Å². The van der Waals surface area contributed by atoms with Crippen LogP contribution in [0.5, 0.6) is 0 Å². The van der Waals surface area contributed by atoms with Crippen molar-refractivity contribution in [3.05, 3.63) is 96.6 Å². The van der Waals surface area contributed by atoms with Gasteiger partial charge in [-0.3, -0.25) is 0 Å². The normalized spacial score (nSPS) is 14.1. The maximum atomic E-state index is 2.47. The highest BCUT2D eigenvalue weighted by Crippen LogP contribution is 2.37. The lowest BCUT2D eigenvalue weighted by Crippen LogP contribution is -2.01. The third-order valence-corrected chi connectivity index (χ3v) is 5.29. The zero-order chi connectivity index (χ0) is 17.3. The van der Waals surface area contributed by atoms with Crippen molar-refractivity contribution >= 4 is 21.8 Å². The van der Waals surface area contributed by atoms with Crippen LogP contribution < -0.4 is 0 Å². The zero-order valence-corrected chi connectivity index (χ0v) is 14.7. The molecule has 0 aliphatic heterocycles. The number of aromatic nitrogens is 1. The molecule has 0 amide bonds. The molecule has 0 bridgehead atoms. The molecule has 5 rings (SSSR count). The van der Waals surface area contributed by atoms with E-state index < -0.39 is 0 Å². The Morgan fingerprint density at radius 1 is 0.731 bits per heavy atom. The van der Waals surface area contributed by atoms with Crippen LogP contribution in [0.2, 0.25) is 0 Å². The van der Waals surface area contributed by atoms with Gasteiger partial charge in [-0.05, 0) is 41.7 Å². The molecule has 1 aromatic heterocycles. The van der Waals surface area contributed by atoms with Crippen LogP contribution in [0.1, 0.15) is 12.8 Å². The number of benzene rings is 3. The van der Waals surface area contributed by atoms with Crippen molar-refractivity contribution in [3.8, 4) is 11.1 Å². The zero-order valence-electron chi connectivity index (χ0n) is 14.7. The summed E-state index contributed by atoms with van der Waals surface area (Å²) in [7, 11) is 0. The Morgan fingerprint density at radius 3 is 2.38 bits per heavy atom. The Kier molecular flexibility index (Phi) is 3.71. The SMILES string of the molecule is C1=CC(Cn2c3ccccc3c3c(-c4ccccc4)cccc32)=CCC1. The fraction of sp³-hybridized carbons (Fsp3) is 0.120. The van der Waals surface area contributed by atoms with Gasteiger partial charge in [0.1, 0.15) is 0 Å². The second kappa shape index (κ2) is 6.34. The summed E-state index contributed by atoms with van der Waals surface area (Å²) >= 11 is 0. The summed E-state index contributed by atoms with van der Waals surface area (Å²) in [5.41, 5.74) is 6.62. The number of fused-ring (bicyclic) bond motifs is 3. The van der Waals surface area contributed by atoms with Gasteiger partial charge < -0.3 is 4.57 Å². The van der Waals surface area contributed by atoms with E-state index in [1.54, 1.807) is 0 Å². The molecule has 0 saturated heterocycles. The van der Waals surface area contributed by atoms with Crippen molar-refractivity contribution in [3.63, 3.8) is 0 Å². The first kappa shape index (κ1) is 15.2. The lowest BCUT2D eigenvalue weighted by Gasteiger charge is -2.11. The monoisotopic (exact) mass is 335 g/mol. The van der Waals surface area contributed by atoms with E-state index in [1.807, 2.05) is 0 Å². The predicted molar refractivity (Wildman–Crippen MR) is 111 cm³/mol. The van der Waals surface area contributed by atoms with Gasteiger partial charge in [-0.15, -0.1) is 0 Å². The van der Waals surface area contributed by atoms with E-state index in [0.717, 1.165) is 19.4 Å². The minimum absolute atomic E-state index is 0.929. The average Bonchev–Trinajstić information content (AvgIpc) is 3.04. The Balaban J connectivity index is 1.80. The number of hydrogen-bond donors (Lipinski definition) is 0. The predicted octanol–water partition coefficient (Wildman–Crippen LogP) is 6.74. The first-order valence-electron chi connectivity index (χ1n) is 9.33. The second-order valence-corrected chi connectivity index (χ2v) is 6.93. The van der Waals surface area contributed by atoms with E-state index in [1.165, 1.54) is 38.5 Å². The summed E-state index contributed by atoms with van der Waals surface area (Å²) in [4.78, 5) is 0. The number of rotatable bonds is 3. The minimum atomic E-state index is 0.929. The highest BCUT2D eigenvalue weighted by Gasteiger charge is 2.15. The molecule has 0 radical (unpaired) electrons. The highest BCUT2D eigenvalue weighted by atomic mass is 15.0. The van der Waals surface area contributed by atoms with E-state index in [4.69, 9.17) is 0 Å². The van der Waals surface area contributed by atoms with Gasteiger partial charge in [-0.25, -0.2) is 0 Å². The van der Waals surface area contributed by atoms with Gasteiger partial charge in [0.05, 0.1) is 5.52 Å². The molecule has 126 valence electrons. The molecule has 0 N–H and O–H groups in total. The topological polar surface area (TPSA) is 4.93 Å². The molecule has 0 saturated carbocycles. The lowest BCUT2D eigenvalue weighted by atomic mass is 9.99. The van der Waals surface area contributed by atoms with Gasteiger partial charge in [-0.2, -0.15) is 0 Å². The molecule has 1 nitrogen and oxygen atoms in total. The molecular formula is C25H21N. The van der Waals surface area contributed by atoms with Crippen molar-refractivity contribution < 1.29 is 0 Å². The van der Waals surface area contributed by atoms with Crippen LogP contribution >= 0.6 is 0 Å². The second-order valence-electron chi connectivity index (χ2n) is 6.93. The van der Waals surface area contributed by atoms with Crippen molar-refractivity contribution in [2.45, 2.75) is 19.4 Å². The van der Waals surface area contributed by atoms with Crippen LogP contribution in [0.4, 0.5) is 0 Å². The number of para-hydroxylation sites is 1. The summed E-state index contributed by atoms with van der Waals surface area (Å²) in [6, 6.07) is 26.2. The Labute approximate surface area is 153 Å². The largest absolute Gasteiger partial charge is 0.336 e. The quantitative estimate of drug-likeness (QED) is 0.391. The maximum Gasteiger partial charge on any atom is 0.0500 e. The van der Waals surface area contributed by atoms with Crippen LogP contribution in [0.15, 0.2) is 96.6 Å². The van der Waals surface area contributed by atoms with Gasteiger partial charge >= 0.3 is 0 Å². The van der Waals surface area contributed by atoms with Crippen LogP contribution in [0, 0.1) is 0 Å². The van der Waals surface area contributed by atoms with Crippen molar-refractivity contribution in [2.24, 2.45) is 0 Å². The summed E-state index contributed by atoms with van der Waals surface area (Å²) in [5, 5.41) is 2.69. The van der Waals surface area contributed by atoms with Crippen molar-refractivity contribution in [1.82, 2.24) is 4.57 Å². The molecule has 4 aromatic rings. The van der Waals surface area contributed by atoms with Crippen molar-refractivity contribution in [1.29, 1.82) is 0 Å². The van der Waals surface area contributed by atoms with E-state index in [0.29, 0.717) is 0 Å². The summed E-state index contributed by atoms with van der Waals surface area (Å²) in [5.74, 6) is 0. The molecule has 1 aliphatic rings. The van der Waals surface area contributed by atoms with Gasteiger partial charge in [0, 0.05) is 22.8 Å². The third-order valence-electron chi connectivity index (χ3n) is 5.29. The van der Waals surface area contributed by atoms with Crippen LogP contribution in [-0.2, 0) is 6.54 Å². The van der Waals surface area contributed by atoms with Crippen molar-refractivity contribution in [2.75, 3.05) is 0 Å². The maximum absolute atomic E-state index is 2.47. The summed E-state index contributed by atoms with van der Waals surface area (Å²) in [6.45, 7) is 0.929. The van der Waals surface area contributed by atoms with Gasteiger partial charge in [0.2, 0.25) is 0 Å². The highest BCUT2D eigenvalue weighted by molar-refractivity contribution is 6.14. The molecule has 0 unspecified atom stereocenters. The van der Waals surface area contributed by atoms with Crippen LogP contribution in [0.25, 0.3) is 32.9 Å². The molecule has 0 atom stereocenters. The third kappa shape index (κ3) is 2.48. The molecule has 3 aromatic carbocycles. The Hall–Kier alpha value is -3.06. The van der Waals surface area contributed by atoms with E-state index in [2.05, 4.69) is 95.6 Å². The molecule has 26 heavy (non-hydrogen) atoms. The van der Waals surface area contributed by atoms with E-state index in [9.17, 15) is 0 Å². The molecule has 1 heteroatoms.